The molecule has 0 spiro atoms. The minimum Gasteiger partial charge on any atom is -0.464 e. The van der Waals surface area contributed by atoms with E-state index in [0.29, 0.717) is 19.0 Å². The molecule has 0 aliphatic carbocycles. The van der Waals surface area contributed by atoms with Gasteiger partial charge < -0.3 is 14.2 Å². The van der Waals surface area contributed by atoms with Crippen molar-refractivity contribution in [1.29, 1.82) is 0 Å². The zero-order chi connectivity index (χ0) is 16.2. The third-order valence-electron chi connectivity index (χ3n) is 4.17. The molecule has 23 heavy (non-hydrogen) atoms. The molecule has 0 N–H and O–H groups in total. The Bertz CT molecular complexity index is 656. The molecule has 0 aromatic carbocycles. The molecule has 3 heterocycles. The maximum atomic E-state index is 12.7. The fraction of sp³-hybridized carbons (Fsp3) is 0.471. The van der Waals surface area contributed by atoms with Crippen LogP contribution in [0.4, 0.5) is 5.95 Å². The Morgan fingerprint density at radius 3 is 2.87 bits per heavy atom. The Morgan fingerprint density at radius 2 is 2.17 bits per heavy atom. The number of carbonyl (C=O) groups excluding carboxylic acids is 1. The zero-order valence-electron chi connectivity index (χ0n) is 13.6. The maximum Gasteiger partial charge on any atom is 0.227 e. The summed E-state index contributed by atoms with van der Waals surface area (Å²) in [6.07, 6.45) is 5.35. The van der Waals surface area contributed by atoms with E-state index >= 15 is 0 Å². The van der Waals surface area contributed by atoms with E-state index in [1.54, 1.807) is 23.4 Å². The molecule has 2 aromatic heterocycles. The fourth-order valence-electron chi connectivity index (χ4n) is 3.01. The Balaban J connectivity index is 1.62. The minimum atomic E-state index is -0.0198. The molecular weight excluding hydrogens is 292 g/mol. The van der Waals surface area contributed by atoms with Gasteiger partial charge >= 0.3 is 0 Å². The van der Waals surface area contributed by atoms with Crippen LogP contribution in [0.15, 0.2) is 35.0 Å². The lowest BCUT2D eigenvalue weighted by Gasteiger charge is -2.33. The molecule has 1 aliphatic heterocycles. The number of piperidine rings is 1. The highest BCUT2D eigenvalue weighted by molar-refractivity contribution is 5.79. The molecule has 1 fully saturated rings. The van der Waals surface area contributed by atoms with Gasteiger partial charge in [0.15, 0.2) is 0 Å². The van der Waals surface area contributed by atoms with Gasteiger partial charge in [0.2, 0.25) is 11.9 Å². The van der Waals surface area contributed by atoms with Gasteiger partial charge in [0.05, 0.1) is 12.5 Å². The number of aromatic nitrogens is 2. The van der Waals surface area contributed by atoms with E-state index in [2.05, 4.69) is 14.9 Å². The number of nitrogens with zero attached hydrogens (tertiary/aromatic N) is 4. The second-order valence-corrected chi connectivity index (χ2v) is 6.04. The number of aryl methyl sites for hydroxylation is 1. The van der Waals surface area contributed by atoms with Crippen molar-refractivity contribution in [3.05, 3.63) is 42.1 Å². The first-order valence-electron chi connectivity index (χ1n) is 7.96. The van der Waals surface area contributed by atoms with Gasteiger partial charge in [-0.05, 0) is 38.0 Å². The Labute approximate surface area is 136 Å². The molecule has 3 rings (SSSR count). The van der Waals surface area contributed by atoms with Crippen LogP contribution in [0.1, 0.15) is 24.4 Å². The highest BCUT2D eigenvalue weighted by atomic mass is 16.3. The summed E-state index contributed by atoms with van der Waals surface area (Å²) in [4.78, 5) is 25.1. The van der Waals surface area contributed by atoms with Crippen LogP contribution in [0.5, 0.6) is 0 Å². The topological polar surface area (TPSA) is 62.5 Å². The van der Waals surface area contributed by atoms with Crippen molar-refractivity contribution in [2.24, 2.45) is 5.92 Å². The number of rotatable bonds is 4. The van der Waals surface area contributed by atoms with E-state index in [0.717, 1.165) is 30.9 Å². The number of amides is 1. The first-order chi connectivity index (χ1) is 11.1. The smallest absolute Gasteiger partial charge is 0.227 e. The fourth-order valence-corrected chi connectivity index (χ4v) is 3.01. The number of hydrogen-bond acceptors (Lipinski definition) is 5. The van der Waals surface area contributed by atoms with Crippen molar-refractivity contribution >= 4 is 11.9 Å². The molecule has 122 valence electrons. The summed E-state index contributed by atoms with van der Waals surface area (Å²) in [7, 11) is 1.83. The standard InChI is InChI=1S/C17H22N4O2/c1-13-6-7-15(23-13)12-20(2)16(22)14-5-3-10-21(11-14)17-18-8-4-9-19-17/h4,6-9,14H,3,5,10-12H2,1-2H3. The monoisotopic (exact) mass is 314 g/mol. The van der Waals surface area contributed by atoms with Gasteiger partial charge in [0.1, 0.15) is 11.5 Å². The number of hydrogen-bond donors (Lipinski definition) is 0. The van der Waals surface area contributed by atoms with E-state index in [1.807, 2.05) is 26.1 Å². The van der Waals surface area contributed by atoms with Gasteiger partial charge in [-0.1, -0.05) is 0 Å². The molecule has 0 radical (unpaired) electrons. The molecule has 1 saturated heterocycles. The van der Waals surface area contributed by atoms with Crippen LogP contribution in [-0.2, 0) is 11.3 Å². The molecule has 0 saturated carbocycles. The van der Waals surface area contributed by atoms with Gasteiger partial charge in [-0.2, -0.15) is 0 Å². The van der Waals surface area contributed by atoms with Gasteiger partial charge in [-0.15, -0.1) is 0 Å². The van der Waals surface area contributed by atoms with Crippen molar-refractivity contribution in [3.8, 4) is 0 Å². The normalized spacial score (nSPS) is 18.0. The minimum absolute atomic E-state index is 0.0198. The second kappa shape index (κ2) is 6.81. The quantitative estimate of drug-likeness (QED) is 0.866. The summed E-state index contributed by atoms with van der Waals surface area (Å²) in [6, 6.07) is 5.64. The van der Waals surface area contributed by atoms with E-state index in [1.165, 1.54) is 0 Å². The number of carbonyl (C=O) groups is 1. The lowest BCUT2D eigenvalue weighted by molar-refractivity contribution is -0.135. The van der Waals surface area contributed by atoms with Crippen molar-refractivity contribution < 1.29 is 9.21 Å². The van der Waals surface area contributed by atoms with Crippen LogP contribution in [0.25, 0.3) is 0 Å². The van der Waals surface area contributed by atoms with Crippen LogP contribution in [0, 0.1) is 12.8 Å². The van der Waals surface area contributed by atoms with Crippen LogP contribution in [-0.4, -0.2) is 40.9 Å². The molecule has 1 atom stereocenters. The van der Waals surface area contributed by atoms with Crippen LogP contribution >= 0.6 is 0 Å². The summed E-state index contributed by atoms with van der Waals surface area (Å²) in [5.74, 6) is 2.52. The zero-order valence-corrected chi connectivity index (χ0v) is 13.6. The van der Waals surface area contributed by atoms with Gasteiger partial charge in [0, 0.05) is 32.5 Å². The first-order valence-corrected chi connectivity index (χ1v) is 7.96. The van der Waals surface area contributed by atoms with Crippen LogP contribution in [0.2, 0.25) is 0 Å². The van der Waals surface area contributed by atoms with Gasteiger partial charge in [-0.25, -0.2) is 9.97 Å². The summed E-state index contributed by atoms with van der Waals surface area (Å²) >= 11 is 0. The Kier molecular flexibility index (Phi) is 4.60. The Hall–Kier alpha value is -2.37. The lowest BCUT2D eigenvalue weighted by Crippen LogP contribution is -2.44. The van der Waals surface area contributed by atoms with E-state index in [4.69, 9.17) is 4.42 Å². The molecule has 2 aromatic rings. The summed E-state index contributed by atoms with van der Waals surface area (Å²) in [5.41, 5.74) is 0. The molecule has 0 bridgehead atoms. The van der Waals surface area contributed by atoms with E-state index in [-0.39, 0.29) is 11.8 Å². The average Bonchev–Trinajstić information content (AvgIpc) is 3.00. The third kappa shape index (κ3) is 3.70. The molecule has 1 amide bonds. The van der Waals surface area contributed by atoms with Crippen LogP contribution in [0.3, 0.4) is 0 Å². The number of anilines is 1. The third-order valence-corrected chi connectivity index (χ3v) is 4.17. The summed E-state index contributed by atoms with van der Waals surface area (Å²) < 4.78 is 5.56. The Morgan fingerprint density at radius 1 is 1.39 bits per heavy atom. The van der Waals surface area contributed by atoms with E-state index < -0.39 is 0 Å². The lowest BCUT2D eigenvalue weighted by atomic mass is 9.97. The largest absolute Gasteiger partial charge is 0.464 e. The SMILES string of the molecule is Cc1ccc(CN(C)C(=O)C2CCCN(c3ncccn3)C2)o1. The molecular formula is C17H22N4O2. The summed E-state index contributed by atoms with van der Waals surface area (Å²) in [5, 5.41) is 0. The van der Waals surface area contributed by atoms with Crippen molar-refractivity contribution in [3.63, 3.8) is 0 Å². The predicted octanol–water partition coefficient (Wildman–Crippen LogP) is 2.25. The van der Waals surface area contributed by atoms with Gasteiger partial charge in [-0.3, -0.25) is 4.79 Å². The number of furan rings is 1. The highest BCUT2D eigenvalue weighted by Gasteiger charge is 2.29. The van der Waals surface area contributed by atoms with E-state index in [9.17, 15) is 4.79 Å². The predicted molar refractivity (Wildman–Crippen MR) is 86.9 cm³/mol. The summed E-state index contributed by atoms with van der Waals surface area (Å²) in [6.45, 7) is 3.98. The van der Waals surface area contributed by atoms with Crippen molar-refractivity contribution in [2.75, 3.05) is 25.0 Å². The van der Waals surface area contributed by atoms with Crippen LogP contribution < -0.4 is 4.90 Å². The maximum absolute atomic E-state index is 12.7. The first kappa shape index (κ1) is 15.5. The van der Waals surface area contributed by atoms with Crippen molar-refractivity contribution in [2.45, 2.75) is 26.3 Å². The molecule has 6 nitrogen and oxygen atoms in total. The highest BCUT2D eigenvalue weighted by Crippen LogP contribution is 2.22. The average molecular weight is 314 g/mol. The molecule has 1 aliphatic rings. The van der Waals surface area contributed by atoms with Crippen molar-refractivity contribution in [1.82, 2.24) is 14.9 Å². The molecule has 6 heteroatoms. The second-order valence-electron chi connectivity index (χ2n) is 6.04. The van der Waals surface area contributed by atoms with Gasteiger partial charge in [0.25, 0.3) is 0 Å². The molecule has 1 unspecified atom stereocenters.